The van der Waals surface area contributed by atoms with Crippen LogP contribution in [0.1, 0.15) is 27.2 Å². The minimum absolute atomic E-state index is 0.130. The number of aliphatic hydroxyl groups excluding tert-OH is 1. The van der Waals surface area contributed by atoms with Crippen LogP contribution in [0.4, 0.5) is 4.39 Å². The Bertz CT molecular complexity index is 132. The molecule has 0 amide bonds. The van der Waals surface area contributed by atoms with Crippen molar-refractivity contribution in [2.24, 2.45) is 5.92 Å². The summed E-state index contributed by atoms with van der Waals surface area (Å²) in [6.45, 7) is 8.57. The second kappa shape index (κ2) is 3.86. The van der Waals surface area contributed by atoms with Crippen molar-refractivity contribution in [1.29, 1.82) is 0 Å². The van der Waals surface area contributed by atoms with Crippen molar-refractivity contribution in [2.45, 2.75) is 39.0 Å². The Kier molecular flexibility index (Phi) is 3.73. The van der Waals surface area contributed by atoms with Crippen LogP contribution in [-0.4, -0.2) is 16.9 Å². The SMILES string of the molecule is C=CC(F)(CC(C)O)C(C)C. The molecule has 2 heteroatoms. The van der Waals surface area contributed by atoms with Crippen LogP contribution in [0.15, 0.2) is 12.7 Å². The van der Waals surface area contributed by atoms with Crippen LogP contribution >= 0.6 is 0 Å². The van der Waals surface area contributed by atoms with E-state index in [0.29, 0.717) is 0 Å². The number of aliphatic hydroxyl groups is 1. The summed E-state index contributed by atoms with van der Waals surface area (Å²) in [4.78, 5) is 0. The van der Waals surface area contributed by atoms with Gasteiger partial charge < -0.3 is 5.11 Å². The van der Waals surface area contributed by atoms with Gasteiger partial charge in [0.05, 0.1) is 6.10 Å². The molecule has 0 aromatic heterocycles. The summed E-state index contributed by atoms with van der Waals surface area (Å²) in [6, 6.07) is 0. The molecule has 2 atom stereocenters. The summed E-state index contributed by atoms with van der Waals surface area (Å²) in [5.41, 5.74) is -1.42. The van der Waals surface area contributed by atoms with Crippen LogP contribution in [0.25, 0.3) is 0 Å². The van der Waals surface area contributed by atoms with E-state index in [1.807, 2.05) is 0 Å². The molecule has 0 radical (unpaired) electrons. The summed E-state index contributed by atoms with van der Waals surface area (Å²) < 4.78 is 13.6. The van der Waals surface area contributed by atoms with Crippen LogP contribution in [0.3, 0.4) is 0 Å². The number of alkyl halides is 1. The fourth-order valence-electron chi connectivity index (χ4n) is 1.01. The molecule has 0 saturated heterocycles. The molecule has 0 aromatic carbocycles. The molecule has 0 aliphatic rings. The minimum atomic E-state index is -1.42. The van der Waals surface area contributed by atoms with Crippen molar-refractivity contribution in [2.75, 3.05) is 0 Å². The number of hydrogen-bond donors (Lipinski definition) is 1. The smallest absolute Gasteiger partial charge is 0.133 e. The third-order valence-corrected chi connectivity index (χ3v) is 1.91. The second-order valence-electron chi connectivity index (χ2n) is 3.34. The van der Waals surface area contributed by atoms with E-state index < -0.39 is 11.8 Å². The first-order chi connectivity index (χ1) is 4.92. The van der Waals surface area contributed by atoms with E-state index in [2.05, 4.69) is 6.58 Å². The Labute approximate surface area is 67.9 Å². The van der Waals surface area contributed by atoms with E-state index >= 15 is 0 Å². The minimum Gasteiger partial charge on any atom is -0.393 e. The highest BCUT2D eigenvalue weighted by molar-refractivity contribution is 4.99. The van der Waals surface area contributed by atoms with Gasteiger partial charge in [0.15, 0.2) is 0 Å². The molecule has 66 valence electrons. The van der Waals surface area contributed by atoms with Crippen molar-refractivity contribution < 1.29 is 9.50 Å². The van der Waals surface area contributed by atoms with E-state index in [9.17, 15) is 4.39 Å². The lowest BCUT2D eigenvalue weighted by atomic mass is 9.87. The zero-order valence-corrected chi connectivity index (χ0v) is 7.47. The fraction of sp³-hybridized carbons (Fsp3) is 0.778. The molecule has 0 heterocycles. The Morgan fingerprint density at radius 1 is 1.55 bits per heavy atom. The molecule has 11 heavy (non-hydrogen) atoms. The van der Waals surface area contributed by atoms with Crippen LogP contribution in [0, 0.1) is 5.92 Å². The first kappa shape index (κ1) is 10.6. The highest BCUT2D eigenvalue weighted by Crippen LogP contribution is 2.28. The lowest BCUT2D eigenvalue weighted by Crippen LogP contribution is -2.30. The predicted molar refractivity (Wildman–Crippen MR) is 45.2 cm³/mol. The van der Waals surface area contributed by atoms with Gasteiger partial charge in [0.1, 0.15) is 5.67 Å². The molecule has 0 rings (SSSR count). The molecule has 0 bridgehead atoms. The summed E-state index contributed by atoms with van der Waals surface area (Å²) >= 11 is 0. The normalized spacial score (nSPS) is 19.5. The van der Waals surface area contributed by atoms with Crippen molar-refractivity contribution in [3.05, 3.63) is 12.7 Å². The highest BCUT2D eigenvalue weighted by Gasteiger charge is 2.31. The third kappa shape index (κ3) is 3.02. The van der Waals surface area contributed by atoms with Gasteiger partial charge in [0.2, 0.25) is 0 Å². The summed E-state index contributed by atoms with van der Waals surface area (Å²) in [5, 5.41) is 8.98. The quantitative estimate of drug-likeness (QED) is 0.626. The lowest BCUT2D eigenvalue weighted by molar-refractivity contribution is 0.0724. The number of allylic oxidation sites excluding steroid dienone is 1. The van der Waals surface area contributed by atoms with Gasteiger partial charge in [-0.1, -0.05) is 26.5 Å². The van der Waals surface area contributed by atoms with Crippen LogP contribution in [0.5, 0.6) is 0 Å². The van der Waals surface area contributed by atoms with Crippen molar-refractivity contribution in [1.82, 2.24) is 0 Å². The largest absolute Gasteiger partial charge is 0.393 e. The van der Waals surface area contributed by atoms with Crippen LogP contribution in [0.2, 0.25) is 0 Å². The summed E-state index contributed by atoms with van der Waals surface area (Å²) in [7, 11) is 0. The zero-order valence-electron chi connectivity index (χ0n) is 7.47. The number of hydrogen-bond acceptors (Lipinski definition) is 1. The predicted octanol–water partition coefficient (Wildman–Crippen LogP) is 2.31. The van der Waals surface area contributed by atoms with Crippen molar-refractivity contribution in [3.8, 4) is 0 Å². The maximum atomic E-state index is 13.6. The molecular weight excluding hydrogens is 143 g/mol. The number of rotatable bonds is 4. The standard InChI is InChI=1S/C9H17FO/c1-5-9(10,7(2)3)6-8(4)11/h5,7-8,11H,1,6H2,2-4H3. The Morgan fingerprint density at radius 2 is 2.00 bits per heavy atom. The average molecular weight is 160 g/mol. The summed E-state index contributed by atoms with van der Waals surface area (Å²) in [6.07, 6.45) is 0.804. The molecular formula is C9H17FO. The maximum Gasteiger partial charge on any atom is 0.133 e. The van der Waals surface area contributed by atoms with Gasteiger partial charge >= 0.3 is 0 Å². The Hall–Kier alpha value is -0.370. The maximum absolute atomic E-state index is 13.6. The topological polar surface area (TPSA) is 20.2 Å². The van der Waals surface area contributed by atoms with Crippen LogP contribution < -0.4 is 0 Å². The Morgan fingerprint density at radius 3 is 2.09 bits per heavy atom. The van der Waals surface area contributed by atoms with E-state index in [0.717, 1.165) is 0 Å². The van der Waals surface area contributed by atoms with E-state index in [1.165, 1.54) is 6.08 Å². The molecule has 2 unspecified atom stereocenters. The Balaban J connectivity index is 4.22. The van der Waals surface area contributed by atoms with Gasteiger partial charge in [-0.25, -0.2) is 4.39 Å². The van der Waals surface area contributed by atoms with Crippen molar-refractivity contribution >= 4 is 0 Å². The van der Waals surface area contributed by atoms with Gasteiger partial charge in [0, 0.05) is 6.42 Å². The summed E-state index contributed by atoms with van der Waals surface area (Å²) in [5.74, 6) is -0.130. The van der Waals surface area contributed by atoms with Crippen molar-refractivity contribution in [3.63, 3.8) is 0 Å². The fourth-order valence-corrected chi connectivity index (χ4v) is 1.01. The van der Waals surface area contributed by atoms with Gasteiger partial charge in [-0.05, 0) is 12.8 Å². The van der Waals surface area contributed by atoms with Gasteiger partial charge in [-0.2, -0.15) is 0 Å². The first-order valence-electron chi connectivity index (χ1n) is 3.93. The van der Waals surface area contributed by atoms with Crippen LogP contribution in [-0.2, 0) is 0 Å². The average Bonchev–Trinajstić information content (AvgIpc) is 1.86. The molecule has 0 aromatic rings. The zero-order chi connectivity index (χ0) is 9.07. The molecule has 0 spiro atoms. The van der Waals surface area contributed by atoms with Gasteiger partial charge in [0.25, 0.3) is 0 Å². The molecule has 0 aliphatic carbocycles. The monoisotopic (exact) mass is 160 g/mol. The number of halogens is 1. The van der Waals surface area contributed by atoms with E-state index in [4.69, 9.17) is 5.11 Å². The third-order valence-electron chi connectivity index (χ3n) is 1.91. The molecule has 0 fully saturated rings. The van der Waals surface area contributed by atoms with Gasteiger partial charge in [-0.15, -0.1) is 0 Å². The second-order valence-corrected chi connectivity index (χ2v) is 3.34. The first-order valence-corrected chi connectivity index (χ1v) is 3.93. The van der Waals surface area contributed by atoms with E-state index in [1.54, 1.807) is 20.8 Å². The molecule has 0 saturated carbocycles. The molecule has 1 N–H and O–H groups in total. The lowest BCUT2D eigenvalue weighted by Gasteiger charge is -2.26. The molecule has 0 aliphatic heterocycles. The van der Waals surface area contributed by atoms with E-state index in [-0.39, 0.29) is 12.3 Å². The van der Waals surface area contributed by atoms with Gasteiger partial charge in [-0.3, -0.25) is 0 Å². The highest BCUT2D eigenvalue weighted by atomic mass is 19.1. The molecule has 1 nitrogen and oxygen atoms in total.